The van der Waals surface area contributed by atoms with Crippen LogP contribution in [0.25, 0.3) is 28.2 Å². The number of benzene rings is 1. The van der Waals surface area contributed by atoms with Crippen LogP contribution in [0.5, 0.6) is 0 Å². The topological polar surface area (TPSA) is 75.4 Å². The number of nitrogens with one attached hydrogen (secondary N) is 1. The summed E-state index contributed by atoms with van der Waals surface area (Å²) in [6.07, 6.45) is 7.43. The summed E-state index contributed by atoms with van der Waals surface area (Å²) in [7, 11) is 3.91. The molecule has 0 saturated heterocycles. The van der Waals surface area contributed by atoms with Crippen molar-refractivity contribution in [2.75, 3.05) is 24.3 Å². The molecule has 1 amide bonds. The Morgan fingerprint density at radius 2 is 1.88 bits per heavy atom. The number of pyridine rings is 1. The van der Waals surface area contributed by atoms with Gasteiger partial charge in [0.15, 0.2) is 5.65 Å². The summed E-state index contributed by atoms with van der Waals surface area (Å²) < 4.78 is 15.8. The second kappa shape index (κ2) is 8.85. The molecular formula is C26H27FN6O. The number of halogens is 1. The Morgan fingerprint density at radius 3 is 2.62 bits per heavy atom. The van der Waals surface area contributed by atoms with Gasteiger partial charge in [-0.15, -0.1) is 0 Å². The third-order valence-corrected chi connectivity index (χ3v) is 6.42. The van der Waals surface area contributed by atoms with Gasteiger partial charge in [-0.25, -0.2) is 18.9 Å². The highest BCUT2D eigenvalue weighted by Crippen LogP contribution is 2.36. The van der Waals surface area contributed by atoms with Gasteiger partial charge in [-0.05, 0) is 61.7 Å². The van der Waals surface area contributed by atoms with Gasteiger partial charge in [-0.1, -0.05) is 12.8 Å². The molecule has 8 heteroatoms. The first-order chi connectivity index (χ1) is 16.4. The van der Waals surface area contributed by atoms with Gasteiger partial charge in [0.2, 0.25) is 5.91 Å². The number of imidazole rings is 1. The van der Waals surface area contributed by atoms with Gasteiger partial charge in [-0.2, -0.15) is 5.10 Å². The first-order valence-corrected chi connectivity index (χ1v) is 11.5. The van der Waals surface area contributed by atoms with Crippen molar-refractivity contribution in [2.45, 2.75) is 32.6 Å². The number of aryl methyl sites for hydroxylation is 1. The van der Waals surface area contributed by atoms with E-state index < -0.39 is 0 Å². The summed E-state index contributed by atoms with van der Waals surface area (Å²) in [5.74, 6) is 0.294. The van der Waals surface area contributed by atoms with Crippen LogP contribution in [-0.2, 0) is 4.79 Å². The molecule has 5 rings (SSSR count). The molecule has 3 heterocycles. The first kappa shape index (κ1) is 22.0. The van der Waals surface area contributed by atoms with E-state index in [1.165, 1.54) is 6.07 Å². The molecule has 1 fully saturated rings. The fourth-order valence-electron chi connectivity index (χ4n) is 4.60. The summed E-state index contributed by atoms with van der Waals surface area (Å²) >= 11 is 0. The number of anilines is 2. The Morgan fingerprint density at radius 1 is 1.09 bits per heavy atom. The number of nitrogens with zero attached hydrogens (tertiary/aromatic N) is 5. The molecule has 1 N–H and O–H groups in total. The van der Waals surface area contributed by atoms with Crippen molar-refractivity contribution in [3.63, 3.8) is 0 Å². The van der Waals surface area contributed by atoms with Gasteiger partial charge in [0.25, 0.3) is 0 Å². The van der Waals surface area contributed by atoms with Crippen molar-refractivity contribution < 1.29 is 9.18 Å². The first-order valence-electron chi connectivity index (χ1n) is 11.5. The molecule has 1 saturated carbocycles. The summed E-state index contributed by atoms with van der Waals surface area (Å²) in [6, 6.07) is 10.6. The molecule has 1 aromatic carbocycles. The zero-order valence-corrected chi connectivity index (χ0v) is 19.5. The highest BCUT2D eigenvalue weighted by atomic mass is 19.1. The van der Waals surface area contributed by atoms with Crippen molar-refractivity contribution in [3.8, 4) is 22.5 Å². The summed E-state index contributed by atoms with van der Waals surface area (Å²) in [6.45, 7) is 1.74. The second-order valence-electron chi connectivity index (χ2n) is 9.02. The molecule has 1 aliphatic rings. The van der Waals surface area contributed by atoms with Crippen molar-refractivity contribution in [1.82, 2.24) is 19.6 Å². The number of hydrogen-bond donors (Lipinski definition) is 1. The molecule has 174 valence electrons. The molecule has 0 aliphatic heterocycles. The predicted octanol–water partition coefficient (Wildman–Crippen LogP) is 5.10. The van der Waals surface area contributed by atoms with Crippen LogP contribution in [0.1, 0.15) is 31.2 Å². The fourth-order valence-corrected chi connectivity index (χ4v) is 4.60. The molecule has 0 unspecified atom stereocenters. The zero-order valence-electron chi connectivity index (χ0n) is 19.5. The molecule has 3 aromatic heterocycles. The lowest BCUT2D eigenvalue weighted by molar-refractivity contribution is -0.119. The fraction of sp³-hybridized carbons (Fsp3) is 0.308. The van der Waals surface area contributed by atoms with Gasteiger partial charge in [0.05, 0.1) is 17.6 Å². The minimum Gasteiger partial charge on any atom is -0.375 e. The standard InChI is InChI=1S/C26H27FN6O/c1-16-14-18(8-9-20(16)27)23-24(33-25(31-23)21(32(2)3)11-13-29-33)19-10-12-28-22(15-19)30-26(34)17-6-4-5-7-17/h8-15,17H,4-7H2,1-3H3,(H,28,30,34). The van der Waals surface area contributed by atoms with E-state index in [1.54, 1.807) is 36.0 Å². The zero-order chi connectivity index (χ0) is 23.8. The largest absolute Gasteiger partial charge is 0.375 e. The van der Waals surface area contributed by atoms with Gasteiger partial charge in [0, 0.05) is 37.3 Å². The number of carbonyl (C=O) groups excluding carboxylic acids is 1. The van der Waals surface area contributed by atoms with E-state index in [0.717, 1.165) is 48.2 Å². The lowest BCUT2D eigenvalue weighted by Gasteiger charge is -2.13. The van der Waals surface area contributed by atoms with Crippen LogP contribution in [-0.4, -0.2) is 39.6 Å². The maximum atomic E-state index is 14.0. The van der Waals surface area contributed by atoms with E-state index in [4.69, 9.17) is 4.98 Å². The highest BCUT2D eigenvalue weighted by Gasteiger charge is 2.24. The van der Waals surface area contributed by atoms with E-state index in [0.29, 0.717) is 22.7 Å². The molecule has 0 bridgehead atoms. The Bertz CT molecular complexity index is 1370. The van der Waals surface area contributed by atoms with Crippen LogP contribution < -0.4 is 10.2 Å². The third kappa shape index (κ3) is 4.00. The van der Waals surface area contributed by atoms with Crippen LogP contribution in [0.3, 0.4) is 0 Å². The summed E-state index contributed by atoms with van der Waals surface area (Å²) in [4.78, 5) is 24.0. The van der Waals surface area contributed by atoms with Crippen LogP contribution in [0, 0.1) is 18.7 Å². The van der Waals surface area contributed by atoms with Crippen molar-refractivity contribution in [3.05, 3.63) is 60.2 Å². The third-order valence-electron chi connectivity index (χ3n) is 6.42. The Balaban J connectivity index is 1.65. The molecule has 0 radical (unpaired) electrons. The SMILES string of the molecule is Cc1cc(-c2nc3c(N(C)C)ccnn3c2-c2ccnc(NC(=O)C3CCCC3)c2)ccc1F. The molecule has 0 spiro atoms. The quantitative estimate of drug-likeness (QED) is 0.450. The van der Waals surface area contributed by atoms with Crippen molar-refractivity contribution >= 4 is 23.1 Å². The maximum absolute atomic E-state index is 14.0. The van der Waals surface area contributed by atoms with Crippen LogP contribution in [0.2, 0.25) is 0 Å². The molecule has 0 atom stereocenters. The van der Waals surface area contributed by atoms with E-state index in [1.807, 2.05) is 37.2 Å². The normalized spacial score (nSPS) is 14.0. The Kier molecular flexibility index (Phi) is 5.73. The predicted molar refractivity (Wildman–Crippen MR) is 131 cm³/mol. The minimum absolute atomic E-state index is 0.0164. The highest BCUT2D eigenvalue weighted by molar-refractivity contribution is 5.93. The summed E-state index contributed by atoms with van der Waals surface area (Å²) in [5.41, 5.74) is 5.17. The molecule has 4 aromatic rings. The Labute approximate surface area is 197 Å². The number of aromatic nitrogens is 4. The number of carbonyl (C=O) groups is 1. The number of rotatable bonds is 5. The van der Waals surface area contributed by atoms with Gasteiger partial charge >= 0.3 is 0 Å². The lowest BCUT2D eigenvalue weighted by Crippen LogP contribution is -2.20. The maximum Gasteiger partial charge on any atom is 0.228 e. The van der Waals surface area contributed by atoms with Crippen LogP contribution in [0.4, 0.5) is 15.9 Å². The van der Waals surface area contributed by atoms with E-state index in [-0.39, 0.29) is 17.6 Å². The van der Waals surface area contributed by atoms with E-state index in [9.17, 15) is 9.18 Å². The molecule has 34 heavy (non-hydrogen) atoms. The van der Waals surface area contributed by atoms with Gasteiger partial charge in [-0.3, -0.25) is 4.79 Å². The Hall–Kier alpha value is -3.81. The lowest BCUT2D eigenvalue weighted by atomic mass is 10.0. The smallest absolute Gasteiger partial charge is 0.228 e. The average molecular weight is 459 g/mol. The van der Waals surface area contributed by atoms with Crippen LogP contribution in [0.15, 0.2) is 48.8 Å². The molecular weight excluding hydrogens is 431 g/mol. The molecule has 1 aliphatic carbocycles. The van der Waals surface area contributed by atoms with Crippen molar-refractivity contribution in [1.29, 1.82) is 0 Å². The van der Waals surface area contributed by atoms with E-state index >= 15 is 0 Å². The average Bonchev–Trinajstić information content (AvgIpc) is 3.49. The number of fused-ring (bicyclic) bond motifs is 1. The minimum atomic E-state index is -0.262. The second-order valence-corrected chi connectivity index (χ2v) is 9.02. The van der Waals surface area contributed by atoms with Crippen molar-refractivity contribution in [2.24, 2.45) is 5.92 Å². The molecule has 7 nitrogen and oxygen atoms in total. The summed E-state index contributed by atoms with van der Waals surface area (Å²) in [5, 5.41) is 7.57. The monoisotopic (exact) mass is 458 g/mol. The van der Waals surface area contributed by atoms with Crippen LogP contribution >= 0.6 is 0 Å². The van der Waals surface area contributed by atoms with E-state index in [2.05, 4.69) is 15.4 Å². The number of amides is 1. The number of hydrogen-bond acceptors (Lipinski definition) is 5. The van der Waals surface area contributed by atoms with Gasteiger partial charge < -0.3 is 10.2 Å². The van der Waals surface area contributed by atoms with Gasteiger partial charge in [0.1, 0.15) is 17.3 Å².